The van der Waals surface area contributed by atoms with Gasteiger partial charge in [0.15, 0.2) is 11.3 Å². The van der Waals surface area contributed by atoms with Gasteiger partial charge in [-0.3, -0.25) is 18.8 Å². The van der Waals surface area contributed by atoms with Crippen LogP contribution in [0.5, 0.6) is 0 Å². The zero-order chi connectivity index (χ0) is 55.4. The lowest BCUT2D eigenvalue weighted by atomic mass is 9.74. The summed E-state index contributed by atoms with van der Waals surface area (Å²) in [6.45, 7) is 13.5. The van der Waals surface area contributed by atoms with E-state index in [2.05, 4.69) is 76.9 Å². The molecule has 19 nitrogen and oxygen atoms in total. The standard InChI is InChI=1S/C22H25F3N6.C20H30BrN5OS.C6H5BF3NO2.H4N4/c1-14-17(15-4-3-9-27-18(15)22(23,24)25)19-28-10-13-31(19)20(29-14)30-11-7-21(8-12-30)6-2-5-16(21)26;1-14-16(21)17-22-10-13-26(17)18(23-14)25-11-8-20(9-12-25)7-5-6-15(20)24-28(27)19(2,3)4;8-6(9,10)5-4(7(12)13)2-1-3-11-5;1-3-4-2/h3-4,9-10,13,16H,2,5-8,11-12,26H2,1H3;10,13,15,24H,5-9,11-12H2,1-4H3;1-3,12-13H;(H2,1,4)(H2,2,3)/t16-;15-,28-;;/m11../s1. The van der Waals surface area contributed by atoms with Crippen molar-refractivity contribution in [1.29, 1.82) is 0 Å². The van der Waals surface area contributed by atoms with Crippen LogP contribution in [0, 0.1) is 24.7 Å². The summed E-state index contributed by atoms with van der Waals surface area (Å²) in [6, 6.07) is 5.70. The minimum Gasteiger partial charge on any atom is -0.423 e. The van der Waals surface area contributed by atoms with Gasteiger partial charge >= 0.3 is 19.5 Å². The average Bonchev–Trinajstić information content (AvgIpc) is 4.26. The van der Waals surface area contributed by atoms with Crippen LogP contribution in [0.25, 0.3) is 22.4 Å². The van der Waals surface area contributed by atoms with E-state index in [1.54, 1.807) is 23.7 Å². The van der Waals surface area contributed by atoms with Crippen LogP contribution >= 0.6 is 15.9 Å². The number of rotatable bonds is 6. The van der Waals surface area contributed by atoms with Crippen LogP contribution in [-0.4, -0.2) is 103 Å². The second kappa shape index (κ2) is 23.6. The quantitative estimate of drug-likeness (QED) is 0.0318. The molecule has 2 aliphatic carbocycles. The summed E-state index contributed by atoms with van der Waals surface area (Å²) in [6.07, 6.45) is 11.3. The molecule has 412 valence electrons. The third-order valence-electron chi connectivity index (χ3n) is 14.9. The first-order chi connectivity index (χ1) is 35.9. The predicted molar refractivity (Wildman–Crippen MR) is 282 cm³/mol. The van der Waals surface area contributed by atoms with E-state index in [1.165, 1.54) is 43.9 Å². The summed E-state index contributed by atoms with van der Waals surface area (Å²) in [5.74, 6) is 10.4. The fraction of sp³-hybridized carbons (Fsp3) is 0.542. The highest BCUT2D eigenvalue weighted by Gasteiger charge is 2.47. The number of aryl methyl sites for hydroxylation is 2. The van der Waals surface area contributed by atoms with Crippen molar-refractivity contribution in [3.63, 3.8) is 0 Å². The van der Waals surface area contributed by atoms with Gasteiger partial charge in [-0.05, 0) is 125 Å². The monoisotopic (exact) mass is 1150 g/mol. The Morgan fingerprint density at radius 2 is 1.22 bits per heavy atom. The molecule has 2 saturated carbocycles. The van der Waals surface area contributed by atoms with Crippen LogP contribution < -0.4 is 37.4 Å². The molecule has 0 amide bonds. The summed E-state index contributed by atoms with van der Waals surface area (Å²) in [7, 11) is -3.17. The number of anilines is 2. The molecule has 2 saturated heterocycles. The maximum absolute atomic E-state index is 13.6. The molecule has 9 N–H and O–H groups in total. The number of imidazole rings is 2. The first kappa shape index (κ1) is 58.1. The van der Waals surface area contributed by atoms with Crippen molar-refractivity contribution in [1.82, 2.24) is 43.4 Å². The molecular formula is C48H64BBrF6N16O3S. The number of hydrogen-bond acceptors (Lipinski definition) is 14. The highest BCUT2D eigenvalue weighted by molar-refractivity contribution is 9.10. The first-order valence-corrected chi connectivity index (χ1v) is 26.8. The molecular weight excluding hydrogens is 1090 g/mol. The second-order valence-electron chi connectivity index (χ2n) is 20.5. The Kier molecular flexibility index (Phi) is 18.0. The van der Waals surface area contributed by atoms with Crippen molar-refractivity contribution in [3.05, 3.63) is 88.7 Å². The summed E-state index contributed by atoms with van der Waals surface area (Å²) in [5.41, 5.74) is 7.26. The molecule has 3 atom stereocenters. The van der Waals surface area contributed by atoms with Crippen LogP contribution in [-0.2, 0) is 23.3 Å². The lowest BCUT2D eigenvalue weighted by Gasteiger charge is -2.44. The van der Waals surface area contributed by atoms with E-state index in [-0.39, 0.29) is 27.2 Å². The van der Waals surface area contributed by atoms with Crippen LogP contribution in [0.2, 0.25) is 0 Å². The third-order valence-corrected chi connectivity index (χ3v) is 17.5. The molecule has 10 rings (SSSR count). The average molecular weight is 1150 g/mol. The Labute approximate surface area is 447 Å². The van der Waals surface area contributed by atoms with Crippen molar-refractivity contribution in [2.75, 3.05) is 36.0 Å². The van der Waals surface area contributed by atoms with Crippen molar-refractivity contribution < 1.29 is 40.6 Å². The van der Waals surface area contributed by atoms with Gasteiger partial charge < -0.3 is 37.3 Å². The van der Waals surface area contributed by atoms with E-state index in [1.807, 2.05) is 40.1 Å². The molecule has 2 spiro atoms. The molecule has 0 bridgehead atoms. The number of aromatic nitrogens is 8. The molecule has 2 aliphatic heterocycles. The number of alkyl halides is 6. The molecule has 4 aliphatic rings. The fourth-order valence-corrected chi connectivity index (χ4v) is 12.3. The minimum atomic E-state index is -4.67. The normalized spacial score (nSPS) is 19.8. The molecule has 28 heteroatoms. The van der Waals surface area contributed by atoms with Crippen LogP contribution in [0.3, 0.4) is 0 Å². The van der Waals surface area contributed by atoms with Gasteiger partial charge in [0.25, 0.3) is 0 Å². The molecule has 8 heterocycles. The molecule has 0 radical (unpaired) electrons. The Bertz CT molecular complexity index is 2990. The topological polar surface area (TPSA) is 265 Å². The van der Waals surface area contributed by atoms with Gasteiger partial charge in [0.2, 0.25) is 11.9 Å². The van der Waals surface area contributed by atoms with Crippen LogP contribution in [0.1, 0.15) is 108 Å². The van der Waals surface area contributed by atoms with E-state index < -0.39 is 47.3 Å². The number of nitrogens with one attached hydrogen (secondary N) is 1. The minimum absolute atomic E-state index is 0.00252. The SMILES string of the molecule is Cc1nc(N2CCC3(CCC[C@H]3N)CC2)n2ccnc2c1-c1cccnc1C(F)(F)F.Cc1nc(N2CCC3(CCC[C@H]3N[S@](=O)C(C)(C)C)CC2)n2ccnc2c1Br.N/N=N/N.OB(O)c1cccnc1C(F)(F)F. The van der Waals surface area contributed by atoms with Crippen molar-refractivity contribution in [3.8, 4) is 11.1 Å². The Hall–Kier alpha value is -5.55. The van der Waals surface area contributed by atoms with Gasteiger partial charge in [0.05, 0.1) is 31.6 Å². The lowest BCUT2D eigenvalue weighted by molar-refractivity contribution is -0.141. The summed E-state index contributed by atoms with van der Waals surface area (Å²) in [5, 5.41) is 22.4. The third kappa shape index (κ3) is 12.6. The van der Waals surface area contributed by atoms with Gasteiger partial charge in [-0.25, -0.2) is 28.9 Å². The molecule has 76 heavy (non-hydrogen) atoms. The number of pyridine rings is 2. The number of piperidine rings is 2. The maximum Gasteiger partial charge on any atom is 0.490 e. The number of fused-ring (bicyclic) bond motifs is 2. The van der Waals surface area contributed by atoms with E-state index in [9.17, 15) is 30.6 Å². The van der Waals surface area contributed by atoms with Gasteiger partial charge in [-0.2, -0.15) is 26.3 Å². The summed E-state index contributed by atoms with van der Waals surface area (Å²) < 4.78 is 98.0. The summed E-state index contributed by atoms with van der Waals surface area (Å²) >= 11 is 3.61. The number of nitrogens with two attached hydrogens (primary N) is 3. The van der Waals surface area contributed by atoms with E-state index in [0.29, 0.717) is 28.9 Å². The Morgan fingerprint density at radius 1 is 0.724 bits per heavy atom. The van der Waals surface area contributed by atoms with Crippen LogP contribution in [0.4, 0.5) is 38.2 Å². The van der Waals surface area contributed by atoms with Gasteiger partial charge in [-0.15, -0.1) is 0 Å². The molecule has 4 fully saturated rings. The lowest BCUT2D eigenvalue weighted by Crippen LogP contribution is -2.51. The molecule has 0 unspecified atom stereocenters. The Balaban J connectivity index is 0.000000171. The van der Waals surface area contributed by atoms with Crippen LogP contribution in [0.15, 0.2) is 76.4 Å². The summed E-state index contributed by atoms with van der Waals surface area (Å²) in [4.78, 5) is 29.7. The van der Waals surface area contributed by atoms with Crippen molar-refractivity contribution in [2.45, 2.75) is 128 Å². The predicted octanol–water partition coefficient (Wildman–Crippen LogP) is 7.17. The van der Waals surface area contributed by atoms with Gasteiger partial charge in [0, 0.05) is 92.0 Å². The number of halogens is 7. The van der Waals surface area contributed by atoms with Crippen molar-refractivity contribution >= 4 is 62.7 Å². The largest absolute Gasteiger partial charge is 0.490 e. The molecule has 6 aromatic heterocycles. The first-order valence-electron chi connectivity index (χ1n) is 24.8. The number of nitrogens with zero attached hydrogens (tertiary/aromatic N) is 12. The number of hydrogen-bond donors (Lipinski definition) is 6. The zero-order valence-electron chi connectivity index (χ0n) is 42.9. The van der Waals surface area contributed by atoms with Gasteiger partial charge in [-0.1, -0.05) is 35.4 Å². The van der Waals surface area contributed by atoms with E-state index in [0.717, 1.165) is 105 Å². The highest BCUT2D eigenvalue weighted by Crippen LogP contribution is 2.48. The molecule has 6 aromatic rings. The highest BCUT2D eigenvalue weighted by atomic mass is 79.9. The maximum atomic E-state index is 13.6. The fourth-order valence-electron chi connectivity index (χ4n) is 10.9. The van der Waals surface area contributed by atoms with E-state index in [4.69, 9.17) is 25.7 Å². The van der Waals surface area contributed by atoms with Crippen molar-refractivity contribution in [2.24, 2.45) is 38.7 Å². The zero-order valence-corrected chi connectivity index (χ0v) is 45.3. The Morgan fingerprint density at radius 3 is 1.74 bits per heavy atom. The second-order valence-corrected chi connectivity index (χ2v) is 23.3. The smallest absolute Gasteiger partial charge is 0.423 e. The molecule has 0 aromatic carbocycles. The van der Waals surface area contributed by atoms with Gasteiger partial charge in [0.1, 0.15) is 11.3 Å². The van der Waals surface area contributed by atoms with E-state index >= 15 is 0 Å².